The minimum absolute atomic E-state index is 0.0795. The van der Waals surface area contributed by atoms with Gasteiger partial charge < -0.3 is 24.9 Å². The molecule has 1 amide bonds. The number of carbonyl (C=O) groups excluding carboxylic acids is 4. The third-order valence-electron chi connectivity index (χ3n) is 10.4. The van der Waals surface area contributed by atoms with Gasteiger partial charge in [0.15, 0.2) is 5.78 Å². The summed E-state index contributed by atoms with van der Waals surface area (Å²) >= 11 is 0. The van der Waals surface area contributed by atoms with Crippen molar-refractivity contribution >= 4 is 29.6 Å². The minimum Gasteiger partial charge on any atom is -0.481 e. The van der Waals surface area contributed by atoms with Crippen molar-refractivity contribution in [2.45, 2.75) is 231 Å². The van der Waals surface area contributed by atoms with Gasteiger partial charge in [-0.05, 0) is 19.3 Å². The summed E-state index contributed by atoms with van der Waals surface area (Å²) in [5, 5.41) is 11.5. The van der Waals surface area contributed by atoms with Crippen LogP contribution in [0.4, 0.5) is 0 Å². The molecule has 0 aliphatic carbocycles. The summed E-state index contributed by atoms with van der Waals surface area (Å²) in [5.41, 5.74) is 0.291. The zero-order valence-corrected chi connectivity index (χ0v) is 35.4. The van der Waals surface area contributed by atoms with Gasteiger partial charge in [0, 0.05) is 31.9 Å². The van der Waals surface area contributed by atoms with Crippen LogP contribution in [0.5, 0.6) is 0 Å². The van der Waals surface area contributed by atoms with Crippen LogP contribution in [0.1, 0.15) is 231 Å². The zero-order chi connectivity index (χ0) is 40.9. The first-order chi connectivity index (χ1) is 27.3. The number of esters is 2. The molecule has 2 atom stereocenters. The number of nitrogens with zero attached hydrogens (tertiary/aromatic N) is 1. The number of hydrogen-bond acceptors (Lipinski definition) is 8. The maximum atomic E-state index is 13.4. The maximum absolute atomic E-state index is 13.4. The summed E-state index contributed by atoms with van der Waals surface area (Å²) in [7, 11) is 0. The number of aromatic nitrogens is 2. The van der Waals surface area contributed by atoms with Crippen LogP contribution in [0.3, 0.4) is 0 Å². The van der Waals surface area contributed by atoms with Crippen molar-refractivity contribution in [3.8, 4) is 0 Å². The molecule has 0 saturated carbocycles. The Morgan fingerprint density at radius 3 is 1.48 bits per heavy atom. The Balaban J connectivity index is 2.52. The van der Waals surface area contributed by atoms with Crippen LogP contribution in [0, 0.1) is 0 Å². The van der Waals surface area contributed by atoms with E-state index in [4.69, 9.17) is 14.6 Å². The van der Waals surface area contributed by atoms with E-state index in [0.29, 0.717) is 18.5 Å². The molecule has 1 rings (SSSR count). The number of carboxylic acid groups (broad SMARTS) is 1. The second kappa shape index (κ2) is 36.1. The third-order valence-corrected chi connectivity index (χ3v) is 10.4. The van der Waals surface area contributed by atoms with Crippen LogP contribution in [-0.4, -0.2) is 57.4 Å². The zero-order valence-electron chi connectivity index (χ0n) is 35.4. The summed E-state index contributed by atoms with van der Waals surface area (Å²) < 4.78 is 11.3. The van der Waals surface area contributed by atoms with Gasteiger partial charge in [-0.15, -0.1) is 0 Å². The molecule has 0 fully saturated rings. The SMILES string of the molecule is CCCCCCCCCCCCCCCC(=O)OCC(CCC(=O)C(NC(=O)CCC(=O)O)c1c[nH]cn1)OC(=O)CCCCCCCCCCCCCCC. The van der Waals surface area contributed by atoms with E-state index in [0.717, 1.165) is 38.5 Å². The van der Waals surface area contributed by atoms with Crippen LogP contribution in [0.2, 0.25) is 0 Å². The van der Waals surface area contributed by atoms with Gasteiger partial charge in [0.25, 0.3) is 0 Å². The first kappa shape index (κ1) is 50.8. The quantitative estimate of drug-likeness (QED) is 0.0433. The smallest absolute Gasteiger partial charge is 0.306 e. The topological polar surface area (TPSA) is 165 Å². The van der Waals surface area contributed by atoms with Crippen LogP contribution in [-0.2, 0) is 33.4 Å². The second-order valence-corrected chi connectivity index (χ2v) is 15.7. The number of ether oxygens (including phenoxy) is 2. The highest BCUT2D eigenvalue weighted by Gasteiger charge is 2.27. The predicted octanol–water partition coefficient (Wildman–Crippen LogP) is 11.2. The van der Waals surface area contributed by atoms with Crippen molar-refractivity contribution < 1.29 is 38.6 Å². The van der Waals surface area contributed by atoms with Gasteiger partial charge in [-0.25, -0.2) is 4.98 Å². The van der Waals surface area contributed by atoms with Gasteiger partial charge in [0.2, 0.25) is 5.91 Å². The van der Waals surface area contributed by atoms with E-state index in [2.05, 4.69) is 29.1 Å². The number of carbonyl (C=O) groups is 5. The van der Waals surface area contributed by atoms with Gasteiger partial charge in [0.1, 0.15) is 18.8 Å². The fourth-order valence-corrected chi connectivity index (χ4v) is 6.90. The third kappa shape index (κ3) is 30.0. The van der Waals surface area contributed by atoms with Gasteiger partial charge in [-0.3, -0.25) is 24.0 Å². The summed E-state index contributed by atoms with van der Waals surface area (Å²) in [6, 6.07) is -1.09. The highest BCUT2D eigenvalue weighted by molar-refractivity contribution is 5.90. The van der Waals surface area contributed by atoms with Crippen LogP contribution >= 0.6 is 0 Å². The van der Waals surface area contributed by atoms with E-state index in [-0.39, 0.29) is 56.4 Å². The Morgan fingerprint density at radius 2 is 1.05 bits per heavy atom. The van der Waals surface area contributed by atoms with Crippen molar-refractivity contribution in [3.05, 3.63) is 18.2 Å². The van der Waals surface area contributed by atoms with E-state index in [1.807, 2.05) is 0 Å². The van der Waals surface area contributed by atoms with E-state index in [1.54, 1.807) is 0 Å². The Bertz CT molecular complexity index is 1140. The Hall–Kier alpha value is -3.24. The summed E-state index contributed by atoms with van der Waals surface area (Å²) in [4.78, 5) is 69.2. The molecule has 1 aromatic heterocycles. The van der Waals surface area contributed by atoms with Gasteiger partial charge in [-0.2, -0.15) is 0 Å². The standard InChI is InChI=1S/C45H79N3O8/c1-3-5-7-9-11-13-15-17-19-21-23-25-27-29-43(53)55-36-38(56-44(54)30-28-26-24-22-20-18-16-14-12-10-8-6-4-2)31-32-40(49)45(39-35-46-37-47-39)48-41(50)33-34-42(51)52/h35,37-38,45H,3-34,36H2,1-2H3,(H,46,47)(H,48,50)(H,51,52). The average Bonchev–Trinajstić information content (AvgIpc) is 3.72. The summed E-state index contributed by atoms with van der Waals surface area (Å²) in [5.74, 6) is -2.82. The molecule has 11 nitrogen and oxygen atoms in total. The Kier molecular flexibility index (Phi) is 32.8. The number of nitrogens with one attached hydrogen (secondary N) is 2. The molecule has 0 aliphatic heterocycles. The molecular weight excluding hydrogens is 711 g/mol. The monoisotopic (exact) mass is 790 g/mol. The highest BCUT2D eigenvalue weighted by atomic mass is 16.6. The molecule has 0 aliphatic rings. The largest absolute Gasteiger partial charge is 0.481 e. The number of aliphatic carboxylic acids is 1. The number of imidazole rings is 1. The van der Waals surface area contributed by atoms with E-state index in [1.165, 1.54) is 135 Å². The number of rotatable bonds is 40. The van der Waals surface area contributed by atoms with E-state index in [9.17, 15) is 24.0 Å². The number of unbranched alkanes of at least 4 members (excludes halogenated alkanes) is 24. The molecule has 11 heteroatoms. The lowest BCUT2D eigenvalue weighted by Crippen LogP contribution is -2.35. The van der Waals surface area contributed by atoms with Gasteiger partial charge >= 0.3 is 17.9 Å². The van der Waals surface area contributed by atoms with Crippen LogP contribution < -0.4 is 5.32 Å². The molecular formula is C45H79N3O8. The molecule has 1 aromatic rings. The number of Topliss-reactive ketones (excluding diaryl/α,β-unsaturated/α-hetero) is 1. The number of ketones is 1. The lowest BCUT2D eigenvalue weighted by Gasteiger charge is -2.20. The lowest BCUT2D eigenvalue weighted by atomic mass is 10.0. The predicted molar refractivity (Wildman–Crippen MR) is 222 cm³/mol. The Labute approximate surface area is 339 Å². The molecule has 3 N–H and O–H groups in total. The number of hydrogen-bond donors (Lipinski definition) is 3. The molecule has 56 heavy (non-hydrogen) atoms. The van der Waals surface area contributed by atoms with Crippen molar-refractivity contribution in [2.24, 2.45) is 0 Å². The number of H-pyrrole nitrogens is 1. The summed E-state index contributed by atoms with van der Waals surface area (Å²) in [6.45, 7) is 4.34. The highest BCUT2D eigenvalue weighted by Crippen LogP contribution is 2.19. The first-order valence-corrected chi connectivity index (χ1v) is 22.6. The molecule has 0 spiro atoms. The fourth-order valence-electron chi connectivity index (χ4n) is 6.90. The van der Waals surface area contributed by atoms with E-state index >= 15 is 0 Å². The molecule has 0 aromatic carbocycles. The number of carboxylic acids is 1. The average molecular weight is 790 g/mol. The molecule has 2 unspecified atom stereocenters. The van der Waals surface area contributed by atoms with Crippen molar-refractivity contribution in [3.63, 3.8) is 0 Å². The van der Waals surface area contributed by atoms with Crippen molar-refractivity contribution in [1.82, 2.24) is 15.3 Å². The van der Waals surface area contributed by atoms with Crippen molar-refractivity contribution in [1.29, 1.82) is 0 Å². The fraction of sp³-hybridized carbons (Fsp3) is 0.822. The summed E-state index contributed by atoms with van der Waals surface area (Å²) in [6.07, 6.45) is 33.4. The molecule has 322 valence electrons. The normalized spacial score (nSPS) is 12.2. The lowest BCUT2D eigenvalue weighted by molar-refractivity contribution is -0.160. The molecule has 1 heterocycles. The molecule has 0 bridgehead atoms. The molecule has 0 radical (unpaired) electrons. The minimum atomic E-state index is -1.12. The number of aromatic amines is 1. The number of amides is 1. The first-order valence-electron chi connectivity index (χ1n) is 22.6. The second-order valence-electron chi connectivity index (χ2n) is 15.7. The maximum Gasteiger partial charge on any atom is 0.306 e. The Morgan fingerprint density at radius 1 is 0.607 bits per heavy atom. The van der Waals surface area contributed by atoms with Gasteiger partial charge in [0.05, 0.1) is 18.4 Å². The van der Waals surface area contributed by atoms with Crippen LogP contribution in [0.25, 0.3) is 0 Å². The van der Waals surface area contributed by atoms with E-state index < -0.39 is 24.0 Å². The molecule has 0 saturated heterocycles. The van der Waals surface area contributed by atoms with Crippen molar-refractivity contribution in [2.75, 3.05) is 6.61 Å². The van der Waals surface area contributed by atoms with Gasteiger partial charge in [-0.1, -0.05) is 168 Å². The van der Waals surface area contributed by atoms with Crippen LogP contribution in [0.15, 0.2) is 12.5 Å².